The molecular formula is C10H13NO3S. The van der Waals surface area contributed by atoms with Gasteiger partial charge in [-0.05, 0) is 12.1 Å². The number of aliphatic carboxylic acids is 1. The van der Waals surface area contributed by atoms with Gasteiger partial charge in [0.25, 0.3) is 0 Å². The highest BCUT2D eigenvalue weighted by molar-refractivity contribution is 7.99. The van der Waals surface area contributed by atoms with E-state index in [1.807, 2.05) is 19.1 Å². The van der Waals surface area contributed by atoms with E-state index in [1.165, 1.54) is 11.8 Å². The van der Waals surface area contributed by atoms with E-state index in [2.05, 4.69) is 4.98 Å². The van der Waals surface area contributed by atoms with Crippen LogP contribution in [-0.4, -0.2) is 28.4 Å². The first-order valence-electron chi connectivity index (χ1n) is 4.50. The van der Waals surface area contributed by atoms with Crippen LogP contribution in [0.1, 0.15) is 13.3 Å². The summed E-state index contributed by atoms with van der Waals surface area (Å²) in [4.78, 5) is 14.6. The minimum Gasteiger partial charge on any atom is -0.495 e. The Morgan fingerprint density at radius 3 is 2.87 bits per heavy atom. The minimum absolute atomic E-state index is 0.0170. The lowest BCUT2D eigenvalue weighted by atomic mass is 10.3. The molecule has 4 nitrogen and oxygen atoms in total. The van der Waals surface area contributed by atoms with Gasteiger partial charge in [0, 0.05) is 5.25 Å². The van der Waals surface area contributed by atoms with E-state index in [4.69, 9.17) is 9.84 Å². The van der Waals surface area contributed by atoms with Crippen molar-refractivity contribution >= 4 is 17.7 Å². The van der Waals surface area contributed by atoms with Crippen LogP contribution in [0.3, 0.4) is 0 Å². The topological polar surface area (TPSA) is 59.4 Å². The highest BCUT2D eigenvalue weighted by atomic mass is 32.2. The van der Waals surface area contributed by atoms with Gasteiger partial charge in [-0.25, -0.2) is 4.98 Å². The molecule has 0 saturated heterocycles. The van der Waals surface area contributed by atoms with Gasteiger partial charge in [0.15, 0.2) is 0 Å². The van der Waals surface area contributed by atoms with Crippen LogP contribution >= 0.6 is 11.8 Å². The molecule has 1 unspecified atom stereocenters. The Morgan fingerprint density at radius 1 is 1.67 bits per heavy atom. The van der Waals surface area contributed by atoms with E-state index in [0.29, 0.717) is 5.75 Å². The normalized spacial score (nSPS) is 12.1. The highest BCUT2D eigenvalue weighted by Gasteiger charge is 2.09. The lowest BCUT2D eigenvalue weighted by Gasteiger charge is -2.07. The minimum atomic E-state index is -0.788. The third-order valence-corrected chi connectivity index (χ3v) is 2.78. The maximum Gasteiger partial charge on any atom is 0.304 e. The van der Waals surface area contributed by atoms with Gasteiger partial charge in [0.1, 0.15) is 5.75 Å². The first-order valence-corrected chi connectivity index (χ1v) is 5.38. The van der Waals surface area contributed by atoms with Crippen molar-refractivity contribution in [3.63, 3.8) is 0 Å². The quantitative estimate of drug-likeness (QED) is 0.780. The molecule has 5 heteroatoms. The first kappa shape index (κ1) is 11.8. The largest absolute Gasteiger partial charge is 0.495 e. The summed E-state index contributed by atoms with van der Waals surface area (Å²) in [6.07, 6.45) is 1.76. The van der Waals surface area contributed by atoms with Crippen molar-refractivity contribution in [2.75, 3.05) is 7.11 Å². The average Bonchev–Trinajstić information content (AvgIpc) is 2.17. The van der Waals surface area contributed by atoms with Crippen LogP contribution in [0, 0.1) is 0 Å². The van der Waals surface area contributed by atoms with Gasteiger partial charge in [-0.2, -0.15) is 0 Å². The van der Waals surface area contributed by atoms with Crippen LogP contribution in [0.5, 0.6) is 5.75 Å². The first-order chi connectivity index (χ1) is 7.11. The van der Waals surface area contributed by atoms with Crippen molar-refractivity contribution in [1.82, 2.24) is 4.98 Å². The molecule has 0 aliphatic carbocycles. The Morgan fingerprint density at radius 2 is 2.40 bits per heavy atom. The number of carbonyl (C=O) groups is 1. The number of thioether (sulfide) groups is 1. The zero-order valence-corrected chi connectivity index (χ0v) is 9.45. The smallest absolute Gasteiger partial charge is 0.304 e. The molecule has 0 saturated carbocycles. The summed E-state index contributed by atoms with van der Waals surface area (Å²) < 4.78 is 4.97. The van der Waals surface area contributed by atoms with Crippen LogP contribution < -0.4 is 4.74 Å². The van der Waals surface area contributed by atoms with Gasteiger partial charge in [-0.15, -0.1) is 11.8 Å². The molecule has 0 aliphatic rings. The Bertz CT molecular complexity index is 326. The number of nitrogens with zero attached hydrogens (tertiary/aromatic N) is 1. The summed E-state index contributed by atoms with van der Waals surface area (Å²) >= 11 is 1.44. The van der Waals surface area contributed by atoms with E-state index in [-0.39, 0.29) is 11.7 Å². The second-order valence-electron chi connectivity index (χ2n) is 3.06. The number of carboxylic acids is 1. The Kier molecular flexibility index (Phi) is 4.42. The van der Waals surface area contributed by atoms with Crippen molar-refractivity contribution in [2.45, 2.75) is 23.6 Å². The summed E-state index contributed by atoms with van der Waals surface area (Å²) in [5.41, 5.74) is 0. The Labute approximate surface area is 92.7 Å². The number of aromatic nitrogens is 1. The SMILES string of the molecule is COc1ccc(SC(C)CC(=O)O)nc1. The predicted octanol–water partition coefficient (Wildman–Crippen LogP) is 2.05. The summed E-state index contributed by atoms with van der Waals surface area (Å²) in [7, 11) is 1.58. The zero-order chi connectivity index (χ0) is 11.3. The number of pyridine rings is 1. The highest BCUT2D eigenvalue weighted by Crippen LogP contribution is 2.24. The van der Waals surface area contributed by atoms with Crippen LogP contribution in [0.25, 0.3) is 0 Å². The summed E-state index contributed by atoms with van der Waals surface area (Å²) in [5.74, 6) is -0.0891. The molecule has 1 heterocycles. The molecule has 0 aromatic carbocycles. The Balaban J connectivity index is 2.53. The van der Waals surface area contributed by atoms with E-state index in [9.17, 15) is 4.79 Å². The van der Waals surface area contributed by atoms with Crippen molar-refractivity contribution in [3.8, 4) is 5.75 Å². The van der Waals surface area contributed by atoms with Gasteiger partial charge in [-0.1, -0.05) is 6.92 Å². The lowest BCUT2D eigenvalue weighted by Crippen LogP contribution is -2.05. The van der Waals surface area contributed by atoms with Crippen molar-refractivity contribution < 1.29 is 14.6 Å². The van der Waals surface area contributed by atoms with E-state index >= 15 is 0 Å². The molecular weight excluding hydrogens is 214 g/mol. The zero-order valence-electron chi connectivity index (χ0n) is 8.64. The molecule has 1 aromatic heterocycles. The van der Waals surface area contributed by atoms with Gasteiger partial charge < -0.3 is 9.84 Å². The molecule has 1 N–H and O–H groups in total. The summed E-state index contributed by atoms with van der Waals surface area (Å²) in [6.45, 7) is 1.87. The second-order valence-corrected chi connectivity index (χ2v) is 4.52. The predicted molar refractivity (Wildman–Crippen MR) is 58.4 cm³/mol. The number of hydrogen-bond acceptors (Lipinski definition) is 4. The number of hydrogen-bond donors (Lipinski definition) is 1. The molecule has 1 aromatic rings. The van der Waals surface area contributed by atoms with E-state index in [1.54, 1.807) is 13.3 Å². The summed E-state index contributed by atoms with van der Waals surface area (Å²) in [5, 5.41) is 9.42. The molecule has 1 atom stereocenters. The second kappa shape index (κ2) is 5.60. The molecule has 82 valence electrons. The maximum atomic E-state index is 10.4. The number of methoxy groups -OCH3 is 1. The van der Waals surface area contributed by atoms with Crippen LogP contribution in [-0.2, 0) is 4.79 Å². The molecule has 0 aliphatic heterocycles. The van der Waals surface area contributed by atoms with E-state index in [0.717, 1.165) is 5.03 Å². The standard InChI is InChI=1S/C10H13NO3S/c1-7(5-10(12)13)15-9-4-3-8(14-2)6-11-9/h3-4,6-7H,5H2,1-2H3,(H,12,13). The third kappa shape index (κ3) is 4.20. The monoisotopic (exact) mass is 227 g/mol. The third-order valence-electron chi connectivity index (χ3n) is 1.73. The fourth-order valence-corrected chi connectivity index (χ4v) is 1.95. The molecule has 0 spiro atoms. The fraction of sp³-hybridized carbons (Fsp3) is 0.400. The van der Waals surface area contributed by atoms with Crippen LogP contribution in [0.15, 0.2) is 23.4 Å². The van der Waals surface area contributed by atoms with E-state index < -0.39 is 5.97 Å². The van der Waals surface area contributed by atoms with Crippen LogP contribution in [0.2, 0.25) is 0 Å². The number of carboxylic acid groups (broad SMARTS) is 1. The van der Waals surface area contributed by atoms with Crippen LogP contribution in [0.4, 0.5) is 0 Å². The molecule has 0 bridgehead atoms. The molecule has 1 rings (SSSR count). The molecule has 0 radical (unpaired) electrons. The number of rotatable bonds is 5. The van der Waals surface area contributed by atoms with Gasteiger partial charge in [-0.3, -0.25) is 4.79 Å². The lowest BCUT2D eigenvalue weighted by molar-refractivity contribution is -0.136. The Hall–Kier alpha value is -1.23. The molecule has 0 fully saturated rings. The molecule has 0 amide bonds. The van der Waals surface area contributed by atoms with Gasteiger partial charge in [0.2, 0.25) is 0 Å². The summed E-state index contributed by atoms with van der Waals surface area (Å²) in [6, 6.07) is 3.63. The molecule has 15 heavy (non-hydrogen) atoms. The average molecular weight is 227 g/mol. The number of ether oxygens (including phenoxy) is 1. The maximum absolute atomic E-state index is 10.4. The van der Waals surface area contributed by atoms with Gasteiger partial charge in [0.05, 0.1) is 24.8 Å². The van der Waals surface area contributed by atoms with Crippen molar-refractivity contribution in [3.05, 3.63) is 18.3 Å². The van der Waals surface area contributed by atoms with Crippen molar-refractivity contribution in [2.24, 2.45) is 0 Å². The van der Waals surface area contributed by atoms with Gasteiger partial charge >= 0.3 is 5.97 Å². The fourth-order valence-electron chi connectivity index (χ4n) is 1.05. The van der Waals surface area contributed by atoms with Crippen molar-refractivity contribution in [1.29, 1.82) is 0 Å².